The van der Waals surface area contributed by atoms with Crippen molar-refractivity contribution in [2.45, 2.75) is 39.2 Å². The van der Waals surface area contributed by atoms with Crippen LogP contribution in [0.5, 0.6) is 0 Å². The Bertz CT molecular complexity index is 316. The Morgan fingerprint density at radius 1 is 1.19 bits per heavy atom. The third-order valence-corrected chi connectivity index (χ3v) is 3.16. The minimum atomic E-state index is -0.216. The fourth-order valence-corrected chi connectivity index (χ4v) is 1.63. The van der Waals surface area contributed by atoms with Gasteiger partial charge in [-0.25, -0.2) is 0 Å². The molecule has 0 spiro atoms. The zero-order valence-corrected chi connectivity index (χ0v) is 10.8. The van der Waals surface area contributed by atoms with Gasteiger partial charge in [-0.1, -0.05) is 25.5 Å². The summed E-state index contributed by atoms with van der Waals surface area (Å²) in [6.45, 7) is 6.41. The van der Waals surface area contributed by atoms with E-state index in [1.165, 1.54) is 12.0 Å². The summed E-state index contributed by atoms with van der Waals surface area (Å²) >= 11 is 0. The first-order valence-corrected chi connectivity index (χ1v) is 5.95. The molecule has 1 aromatic rings. The molecule has 16 heavy (non-hydrogen) atoms. The van der Waals surface area contributed by atoms with E-state index in [0.29, 0.717) is 0 Å². The Kier molecular flexibility index (Phi) is 4.36. The van der Waals surface area contributed by atoms with E-state index in [-0.39, 0.29) is 12.1 Å². The Morgan fingerprint density at radius 3 is 2.19 bits per heavy atom. The van der Waals surface area contributed by atoms with Gasteiger partial charge in [0.1, 0.15) is 0 Å². The van der Waals surface area contributed by atoms with E-state index in [2.05, 4.69) is 36.1 Å². The summed E-state index contributed by atoms with van der Waals surface area (Å²) in [4.78, 5) is 2.11. The van der Waals surface area contributed by atoms with Crippen LogP contribution in [0.2, 0.25) is 0 Å². The molecular weight excluding hydrogens is 198 g/mol. The maximum atomic E-state index is 9.32. The van der Waals surface area contributed by atoms with E-state index in [4.69, 9.17) is 0 Å². The van der Waals surface area contributed by atoms with Crippen LogP contribution in [0.4, 0.5) is 5.69 Å². The largest absolute Gasteiger partial charge is 0.394 e. The van der Waals surface area contributed by atoms with Crippen LogP contribution in [0, 0.1) is 0 Å². The van der Waals surface area contributed by atoms with E-state index in [9.17, 15) is 5.11 Å². The first-order chi connectivity index (χ1) is 7.51. The van der Waals surface area contributed by atoms with E-state index in [0.717, 1.165) is 12.1 Å². The van der Waals surface area contributed by atoms with Gasteiger partial charge in [0.2, 0.25) is 0 Å². The zero-order chi connectivity index (χ0) is 12.2. The standard InChI is InChI=1S/C14H23NO/c1-5-6-12-7-9-13(10-8-12)15(4)14(2,3)11-16/h7-10,16H,5-6,11H2,1-4H3. The number of likely N-dealkylation sites (N-methyl/N-ethyl adjacent to an activating group) is 1. The SMILES string of the molecule is CCCc1ccc(N(C)C(C)(C)CO)cc1. The van der Waals surface area contributed by atoms with E-state index < -0.39 is 0 Å². The smallest absolute Gasteiger partial charge is 0.0658 e. The summed E-state index contributed by atoms with van der Waals surface area (Å²) < 4.78 is 0. The van der Waals surface area contributed by atoms with Crippen LogP contribution in [0.25, 0.3) is 0 Å². The second-order valence-corrected chi connectivity index (χ2v) is 4.95. The number of aliphatic hydroxyl groups is 1. The van der Waals surface area contributed by atoms with Crippen LogP contribution in [-0.4, -0.2) is 24.3 Å². The van der Waals surface area contributed by atoms with Gasteiger partial charge >= 0.3 is 0 Å². The summed E-state index contributed by atoms with van der Waals surface area (Å²) in [6, 6.07) is 8.59. The molecule has 0 amide bonds. The lowest BCUT2D eigenvalue weighted by Gasteiger charge is -2.36. The molecule has 0 heterocycles. The van der Waals surface area contributed by atoms with E-state index in [1.807, 2.05) is 20.9 Å². The van der Waals surface area contributed by atoms with Crippen molar-refractivity contribution in [3.05, 3.63) is 29.8 Å². The molecule has 1 N–H and O–H groups in total. The summed E-state index contributed by atoms with van der Waals surface area (Å²) in [5.74, 6) is 0. The fraction of sp³-hybridized carbons (Fsp3) is 0.571. The zero-order valence-electron chi connectivity index (χ0n) is 10.8. The lowest BCUT2D eigenvalue weighted by atomic mass is 10.0. The molecule has 0 aliphatic carbocycles. The number of nitrogens with zero attached hydrogens (tertiary/aromatic N) is 1. The topological polar surface area (TPSA) is 23.5 Å². The van der Waals surface area contributed by atoms with Crippen molar-refractivity contribution >= 4 is 5.69 Å². The van der Waals surface area contributed by atoms with Crippen molar-refractivity contribution in [3.8, 4) is 0 Å². The maximum absolute atomic E-state index is 9.32. The molecule has 90 valence electrons. The Hall–Kier alpha value is -1.02. The van der Waals surface area contributed by atoms with Crippen molar-refractivity contribution in [2.24, 2.45) is 0 Å². The van der Waals surface area contributed by atoms with Gasteiger partial charge in [-0.3, -0.25) is 0 Å². The second-order valence-electron chi connectivity index (χ2n) is 4.95. The minimum absolute atomic E-state index is 0.153. The summed E-state index contributed by atoms with van der Waals surface area (Å²) in [5, 5.41) is 9.32. The molecule has 2 nitrogen and oxygen atoms in total. The summed E-state index contributed by atoms with van der Waals surface area (Å²) in [7, 11) is 2.02. The van der Waals surface area contributed by atoms with Gasteiger partial charge in [-0.2, -0.15) is 0 Å². The summed E-state index contributed by atoms with van der Waals surface area (Å²) in [5.41, 5.74) is 2.31. The number of hydrogen-bond acceptors (Lipinski definition) is 2. The third kappa shape index (κ3) is 2.99. The van der Waals surface area contributed by atoms with Gasteiger partial charge in [0.25, 0.3) is 0 Å². The van der Waals surface area contributed by atoms with E-state index in [1.54, 1.807) is 0 Å². The summed E-state index contributed by atoms with van der Waals surface area (Å²) in [6.07, 6.45) is 2.31. The van der Waals surface area contributed by atoms with Crippen molar-refractivity contribution in [3.63, 3.8) is 0 Å². The van der Waals surface area contributed by atoms with Gasteiger partial charge in [0.05, 0.1) is 12.1 Å². The quantitative estimate of drug-likeness (QED) is 0.826. The molecule has 0 fully saturated rings. The van der Waals surface area contributed by atoms with Crippen LogP contribution in [0.1, 0.15) is 32.8 Å². The van der Waals surface area contributed by atoms with Gasteiger partial charge in [-0.15, -0.1) is 0 Å². The number of hydrogen-bond donors (Lipinski definition) is 1. The Morgan fingerprint density at radius 2 is 1.75 bits per heavy atom. The molecule has 0 aliphatic rings. The molecule has 1 rings (SSSR count). The number of aliphatic hydroxyl groups excluding tert-OH is 1. The van der Waals surface area contributed by atoms with Gasteiger partial charge in [0, 0.05) is 12.7 Å². The van der Waals surface area contributed by atoms with Crippen LogP contribution in [0.15, 0.2) is 24.3 Å². The third-order valence-electron chi connectivity index (χ3n) is 3.16. The van der Waals surface area contributed by atoms with Crippen LogP contribution in [-0.2, 0) is 6.42 Å². The monoisotopic (exact) mass is 221 g/mol. The molecule has 0 aromatic heterocycles. The maximum Gasteiger partial charge on any atom is 0.0658 e. The average Bonchev–Trinajstić information content (AvgIpc) is 2.29. The number of aryl methyl sites for hydroxylation is 1. The highest BCUT2D eigenvalue weighted by atomic mass is 16.3. The molecule has 0 atom stereocenters. The molecule has 0 unspecified atom stereocenters. The highest BCUT2D eigenvalue weighted by molar-refractivity contribution is 5.49. The van der Waals surface area contributed by atoms with Crippen LogP contribution >= 0.6 is 0 Å². The molecule has 0 radical (unpaired) electrons. The molecule has 0 aliphatic heterocycles. The Labute approximate surface area is 98.9 Å². The first-order valence-electron chi connectivity index (χ1n) is 5.95. The first kappa shape index (κ1) is 13.0. The molecule has 2 heteroatoms. The molecular formula is C14H23NO. The highest BCUT2D eigenvalue weighted by Gasteiger charge is 2.22. The minimum Gasteiger partial charge on any atom is -0.394 e. The van der Waals surface area contributed by atoms with Crippen LogP contribution in [0.3, 0.4) is 0 Å². The van der Waals surface area contributed by atoms with Crippen LogP contribution < -0.4 is 4.90 Å². The number of rotatable bonds is 5. The molecule has 0 bridgehead atoms. The lowest BCUT2D eigenvalue weighted by molar-refractivity contribution is 0.216. The second kappa shape index (κ2) is 5.35. The van der Waals surface area contributed by atoms with Gasteiger partial charge in [-0.05, 0) is 38.0 Å². The number of anilines is 1. The lowest BCUT2D eigenvalue weighted by Crippen LogP contribution is -2.44. The molecule has 0 saturated carbocycles. The average molecular weight is 221 g/mol. The van der Waals surface area contributed by atoms with Gasteiger partial charge < -0.3 is 10.0 Å². The van der Waals surface area contributed by atoms with E-state index >= 15 is 0 Å². The predicted molar refractivity (Wildman–Crippen MR) is 70.0 cm³/mol. The molecule has 0 saturated heterocycles. The fourth-order valence-electron chi connectivity index (χ4n) is 1.63. The normalized spacial score (nSPS) is 11.6. The predicted octanol–water partition coefficient (Wildman–Crippen LogP) is 2.85. The van der Waals surface area contributed by atoms with Crippen molar-refractivity contribution in [1.82, 2.24) is 0 Å². The highest BCUT2D eigenvalue weighted by Crippen LogP contribution is 2.22. The van der Waals surface area contributed by atoms with Crippen molar-refractivity contribution in [2.75, 3.05) is 18.6 Å². The number of benzene rings is 1. The van der Waals surface area contributed by atoms with Gasteiger partial charge in [0.15, 0.2) is 0 Å². The van der Waals surface area contributed by atoms with Crippen molar-refractivity contribution < 1.29 is 5.11 Å². The Balaban J connectivity index is 2.81. The van der Waals surface area contributed by atoms with Crippen molar-refractivity contribution in [1.29, 1.82) is 0 Å². The molecule has 1 aromatic carbocycles.